The molecule has 182 valence electrons. The van der Waals surface area contributed by atoms with E-state index in [1.54, 1.807) is 35.0 Å². The van der Waals surface area contributed by atoms with Crippen molar-refractivity contribution in [3.63, 3.8) is 0 Å². The fraction of sp³-hybridized carbons (Fsp3) is 0.360. The van der Waals surface area contributed by atoms with Crippen molar-refractivity contribution in [3.05, 3.63) is 70.8 Å². The molecule has 4 heterocycles. The SMILES string of the molecule is Cn1c(N2CCO[C@@H](c3ccc(NC(=O)N4CCOCC4)cc3)C2)nc(-c2ccncc2)cc1=O. The molecule has 2 fully saturated rings. The summed E-state index contributed by atoms with van der Waals surface area (Å²) in [6.45, 7) is 4.00. The molecule has 10 nitrogen and oxygen atoms in total. The van der Waals surface area contributed by atoms with Gasteiger partial charge in [0.2, 0.25) is 5.95 Å². The molecule has 10 heteroatoms. The Kier molecular flexibility index (Phi) is 6.73. The lowest BCUT2D eigenvalue weighted by Gasteiger charge is -2.34. The van der Waals surface area contributed by atoms with E-state index in [0.29, 0.717) is 57.6 Å². The summed E-state index contributed by atoms with van der Waals surface area (Å²) >= 11 is 0. The first-order valence-corrected chi connectivity index (χ1v) is 11.7. The number of nitrogens with one attached hydrogen (secondary N) is 1. The highest BCUT2D eigenvalue weighted by Crippen LogP contribution is 2.27. The molecule has 5 rings (SSSR count). The molecule has 2 amide bonds. The van der Waals surface area contributed by atoms with Crippen LogP contribution in [-0.4, -0.2) is 71.5 Å². The number of aromatic nitrogens is 3. The van der Waals surface area contributed by atoms with E-state index in [9.17, 15) is 9.59 Å². The zero-order valence-electron chi connectivity index (χ0n) is 19.6. The zero-order chi connectivity index (χ0) is 24.2. The first-order valence-electron chi connectivity index (χ1n) is 11.7. The van der Waals surface area contributed by atoms with Gasteiger partial charge in [0.25, 0.3) is 5.56 Å². The first-order chi connectivity index (χ1) is 17.1. The molecule has 1 aromatic carbocycles. The van der Waals surface area contributed by atoms with E-state index in [2.05, 4.69) is 15.2 Å². The Bertz CT molecular complexity index is 1220. The van der Waals surface area contributed by atoms with Crippen LogP contribution in [0, 0.1) is 0 Å². The Morgan fingerprint density at radius 2 is 1.77 bits per heavy atom. The highest BCUT2D eigenvalue weighted by atomic mass is 16.5. The van der Waals surface area contributed by atoms with Gasteiger partial charge in [-0.2, -0.15) is 0 Å². The van der Waals surface area contributed by atoms with Crippen LogP contribution in [0.25, 0.3) is 11.3 Å². The second kappa shape index (κ2) is 10.2. The van der Waals surface area contributed by atoms with E-state index in [1.165, 1.54) is 0 Å². The van der Waals surface area contributed by atoms with Crippen molar-refractivity contribution in [3.8, 4) is 11.3 Å². The van der Waals surface area contributed by atoms with Gasteiger partial charge in [-0.15, -0.1) is 0 Å². The van der Waals surface area contributed by atoms with E-state index < -0.39 is 0 Å². The molecule has 2 aliphatic heterocycles. The number of anilines is 2. The summed E-state index contributed by atoms with van der Waals surface area (Å²) < 4.78 is 12.9. The summed E-state index contributed by atoms with van der Waals surface area (Å²) in [7, 11) is 1.73. The number of carbonyl (C=O) groups excluding carboxylic acids is 1. The van der Waals surface area contributed by atoms with Gasteiger partial charge in [0.1, 0.15) is 6.10 Å². The Balaban J connectivity index is 1.30. The van der Waals surface area contributed by atoms with Gasteiger partial charge in [-0.05, 0) is 29.8 Å². The Morgan fingerprint density at radius 3 is 2.51 bits per heavy atom. The molecular formula is C25H28N6O4. The second-order valence-corrected chi connectivity index (χ2v) is 8.53. The number of ether oxygens (including phenoxy) is 2. The topological polar surface area (TPSA) is 102 Å². The molecule has 0 aliphatic carbocycles. The lowest BCUT2D eigenvalue weighted by atomic mass is 10.1. The van der Waals surface area contributed by atoms with Gasteiger partial charge in [0.15, 0.2) is 0 Å². The molecule has 0 bridgehead atoms. The average Bonchev–Trinajstić information content (AvgIpc) is 2.91. The summed E-state index contributed by atoms with van der Waals surface area (Å²) in [5, 5.41) is 2.94. The number of urea groups is 1. The van der Waals surface area contributed by atoms with Gasteiger partial charge in [-0.3, -0.25) is 14.3 Å². The number of carbonyl (C=O) groups is 1. The van der Waals surface area contributed by atoms with Crippen LogP contribution in [0.1, 0.15) is 11.7 Å². The molecular weight excluding hydrogens is 448 g/mol. The van der Waals surface area contributed by atoms with Gasteiger partial charge in [0.05, 0.1) is 32.1 Å². The second-order valence-electron chi connectivity index (χ2n) is 8.53. The number of hydrogen-bond donors (Lipinski definition) is 1. The number of rotatable bonds is 4. The molecule has 1 atom stereocenters. The van der Waals surface area contributed by atoms with Crippen molar-refractivity contribution in [1.82, 2.24) is 19.4 Å². The summed E-state index contributed by atoms with van der Waals surface area (Å²) in [5.74, 6) is 0.604. The number of benzene rings is 1. The Labute approximate surface area is 203 Å². The van der Waals surface area contributed by atoms with Crippen LogP contribution >= 0.6 is 0 Å². The molecule has 2 saturated heterocycles. The number of nitrogens with zero attached hydrogens (tertiary/aromatic N) is 5. The number of pyridine rings is 1. The third kappa shape index (κ3) is 5.18. The third-order valence-corrected chi connectivity index (χ3v) is 6.27. The summed E-state index contributed by atoms with van der Waals surface area (Å²) in [4.78, 5) is 37.8. The summed E-state index contributed by atoms with van der Waals surface area (Å²) in [6, 6.07) is 12.8. The molecule has 2 aliphatic rings. The fourth-order valence-electron chi connectivity index (χ4n) is 4.26. The van der Waals surface area contributed by atoms with Crippen LogP contribution in [-0.2, 0) is 16.5 Å². The van der Waals surface area contributed by atoms with E-state index >= 15 is 0 Å². The van der Waals surface area contributed by atoms with Crippen molar-refractivity contribution >= 4 is 17.7 Å². The first kappa shape index (κ1) is 23.0. The summed E-state index contributed by atoms with van der Waals surface area (Å²) in [5.41, 5.74) is 3.07. The van der Waals surface area contributed by atoms with Gasteiger partial charge in [-0.1, -0.05) is 12.1 Å². The van der Waals surface area contributed by atoms with E-state index in [0.717, 1.165) is 16.8 Å². The maximum Gasteiger partial charge on any atom is 0.321 e. The number of amides is 2. The van der Waals surface area contributed by atoms with Gasteiger partial charge in [-0.25, -0.2) is 9.78 Å². The fourth-order valence-corrected chi connectivity index (χ4v) is 4.26. The molecule has 0 saturated carbocycles. The number of hydrogen-bond acceptors (Lipinski definition) is 7. The van der Waals surface area contributed by atoms with E-state index in [4.69, 9.17) is 14.5 Å². The smallest absolute Gasteiger partial charge is 0.321 e. The van der Waals surface area contributed by atoms with Crippen LogP contribution < -0.4 is 15.8 Å². The van der Waals surface area contributed by atoms with Crippen molar-refractivity contribution < 1.29 is 14.3 Å². The molecule has 0 unspecified atom stereocenters. The maximum absolute atomic E-state index is 12.7. The molecule has 35 heavy (non-hydrogen) atoms. The quantitative estimate of drug-likeness (QED) is 0.616. The van der Waals surface area contributed by atoms with Crippen LogP contribution in [0.4, 0.5) is 16.4 Å². The van der Waals surface area contributed by atoms with Gasteiger partial charge in [0, 0.05) is 56.4 Å². The normalized spacial score (nSPS) is 18.4. The maximum atomic E-state index is 12.7. The van der Waals surface area contributed by atoms with Crippen molar-refractivity contribution in [2.75, 3.05) is 56.2 Å². The van der Waals surface area contributed by atoms with Gasteiger partial charge < -0.3 is 24.6 Å². The average molecular weight is 477 g/mol. The van der Waals surface area contributed by atoms with E-state index in [-0.39, 0.29) is 17.7 Å². The highest BCUT2D eigenvalue weighted by molar-refractivity contribution is 5.89. The molecule has 1 N–H and O–H groups in total. The Hall–Kier alpha value is -3.76. The highest BCUT2D eigenvalue weighted by Gasteiger charge is 2.25. The predicted molar refractivity (Wildman–Crippen MR) is 131 cm³/mol. The monoisotopic (exact) mass is 476 g/mol. The minimum absolute atomic E-state index is 0.120. The molecule has 0 radical (unpaired) electrons. The lowest BCUT2D eigenvalue weighted by molar-refractivity contribution is 0.0390. The standard InChI is InChI=1S/C25H28N6O4/c1-29-23(32)16-21(18-6-8-26-9-7-18)28-24(29)31-12-15-35-22(17-31)19-2-4-20(5-3-19)27-25(33)30-10-13-34-14-11-30/h2-9,16,22H,10-15,17H2,1H3,(H,27,33)/t22-/m1/s1. The van der Waals surface area contributed by atoms with Crippen molar-refractivity contribution in [2.24, 2.45) is 7.05 Å². The predicted octanol–water partition coefficient (Wildman–Crippen LogP) is 2.28. The number of morpholine rings is 2. The van der Waals surface area contributed by atoms with Crippen LogP contribution in [0.3, 0.4) is 0 Å². The lowest BCUT2D eigenvalue weighted by Crippen LogP contribution is -2.43. The van der Waals surface area contributed by atoms with E-state index in [1.807, 2.05) is 36.4 Å². The minimum Gasteiger partial charge on any atom is -0.378 e. The molecule has 3 aromatic rings. The van der Waals surface area contributed by atoms with Crippen molar-refractivity contribution in [2.45, 2.75) is 6.10 Å². The zero-order valence-corrected chi connectivity index (χ0v) is 19.6. The Morgan fingerprint density at radius 1 is 1.03 bits per heavy atom. The van der Waals surface area contributed by atoms with Crippen LogP contribution in [0.15, 0.2) is 59.7 Å². The van der Waals surface area contributed by atoms with Crippen LogP contribution in [0.5, 0.6) is 0 Å². The van der Waals surface area contributed by atoms with Crippen molar-refractivity contribution in [1.29, 1.82) is 0 Å². The largest absolute Gasteiger partial charge is 0.378 e. The summed E-state index contributed by atoms with van der Waals surface area (Å²) in [6.07, 6.45) is 3.19. The van der Waals surface area contributed by atoms with Crippen LogP contribution in [0.2, 0.25) is 0 Å². The molecule has 2 aromatic heterocycles. The molecule has 0 spiro atoms. The third-order valence-electron chi connectivity index (χ3n) is 6.27. The van der Waals surface area contributed by atoms with Gasteiger partial charge >= 0.3 is 6.03 Å². The minimum atomic E-state index is -0.186.